The molecule has 1 aliphatic heterocycles. The molecule has 4 nitrogen and oxygen atoms in total. The van der Waals surface area contributed by atoms with Gasteiger partial charge in [0.1, 0.15) is 0 Å². The zero-order chi connectivity index (χ0) is 16.2. The van der Waals surface area contributed by atoms with Crippen LogP contribution in [0.2, 0.25) is 0 Å². The summed E-state index contributed by atoms with van der Waals surface area (Å²) in [4.78, 5) is 26.4. The second-order valence-corrected chi connectivity index (χ2v) is 6.94. The monoisotopic (exact) mass is 330 g/mol. The molecule has 1 saturated heterocycles. The number of amides is 1. The van der Waals surface area contributed by atoms with E-state index in [0.717, 1.165) is 31.5 Å². The van der Waals surface area contributed by atoms with E-state index in [2.05, 4.69) is 12.1 Å². The van der Waals surface area contributed by atoms with Gasteiger partial charge < -0.3 is 9.47 Å². The number of nitrogens with zero attached hydrogens (tertiary/aromatic N) is 2. The molecule has 1 unspecified atom stereocenters. The second-order valence-electron chi connectivity index (χ2n) is 6.12. The fourth-order valence-electron chi connectivity index (χ4n) is 3.29. The summed E-state index contributed by atoms with van der Waals surface area (Å²) in [5, 5.41) is 1.85. The zero-order valence-corrected chi connectivity index (χ0v) is 14.2. The number of hydrogen-bond donors (Lipinski definition) is 0. The maximum absolute atomic E-state index is 12.6. The van der Waals surface area contributed by atoms with Gasteiger partial charge in [-0.25, -0.2) is 0 Å². The van der Waals surface area contributed by atoms with Crippen molar-refractivity contribution in [2.45, 2.75) is 45.2 Å². The summed E-state index contributed by atoms with van der Waals surface area (Å²) in [6.45, 7) is 3.24. The Morgan fingerprint density at radius 2 is 2.09 bits per heavy atom. The van der Waals surface area contributed by atoms with Gasteiger partial charge in [0, 0.05) is 36.6 Å². The van der Waals surface area contributed by atoms with E-state index in [9.17, 15) is 9.59 Å². The van der Waals surface area contributed by atoms with Gasteiger partial charge in [0.2, 0.25) is 5.91 Å². The van der Waals surface area contributed by atoms with E-state index < -0.39 is 0 Å². The van der Waals surface area contributed by atoms with E-state index in [0.29, 0.717) is 19.0 Å². The number of hydrogen-bond acceptors (Lipinski definition) is 3. The van der Waals surface area contributed by atoms with Crippen LogP contribution in [0.4, 0.5) is 0 Å². The third-order valence-electron chi connectivity index (χ3n) is 4.54. The number of thiazole rings is 1. The van der Waals surface area contributed by atoms with Crippen molar-refractivity contribution in [3.05, 3.63) is 56.6 Å². The molecule has 0 saturated carbocycles. The number of benzene rings is 1. The molecular weight excluding hydrogens is 308 g/mol. The van der Waals surface area contributed by atoms with Crippen LogP contribution >= 0.6 is 11.3 Å². The number of likely N-dealkylation sites (tertiary alicyclic amines) is 1. The van der Waals surface area contributed by atoms with Crippen molar-refractivity contribution in [1.82, 2.24) is 9.47 Å². The summed E-state index contributed by atoms with van der Waals surface area (Å²) in [5.41, 5.74) is 2.22. The fourth-order valence-corrected chi connectivity index (χ4v) is 4.05. The highest BCUT2D eigenvalue weighted by Crippen LogP contribution is 2.22. The van der Waals surface area contributed by atoms with Gasteiger partial charge in [-0.15, -0.1) is 0 Å². The van der Waals surface area contributed by atoms with Crippen LogP contribution in [0.15, 0.2) is 40.5 Å². The molecule has 23 heavy (non-hydrogen) atoms. The maximum Gasteiger partial charge on any atom is 0.307 e. The fraction of sp³-hybridized carbons (Fsp3) is 0.444. The average molecular weight is 330 g/mol. The molecule has 1 aliphatic rings. The zero-order valence-electron chi connectivity index (χ0n) is 13.4. The van der Waals surface area contributed by atoms with Crippen molar-refractivity contribution in [1.29, 1.82) is 0 Å². The highest BCUT2D eigenvalue weighted by atomic mass is 32.1. The highest BCUT2D eigenvalue weighted by molar-refractivity contribution is 7.07. The van der Waals surface area contributed by atoms with E-state index in [1.165, 1.54) is 16.9 Å². The Hall–Kier alpha value is -1.88. The second kappa shape index (κ2) is 7.13. The average Bonchev–Trinajstić information content (AvgIpc) is 3.14. The molecule has 1 aromatic heterocycles. The van der Waals surface area contributed by atoms with Gasteiger partial charge in [0.05, 0.1) is 0 Å². The first-order chi connectivity index (χ1) is 11.1. The van der Waals surface area contributed by atoms with Crippen LogP contribution in [-0.2, 0) is 17.8 Å². The van der Waals surface area contributed by atoms with Crippen LogP contribution in [0.3, 0.4) is 0 Å². The SMILES string of the molecule is Cc1csc(=O)n1CCC(=O)N1CCCC1Cc1ccccc1. The van der Waals surface area contributed by atoms with Crippen LogP contribution in [0.1, 0.15) is 30.5 Å². The summed E-state index contributed by atoms with van der Waals surface area (Å²) in [5.74, 6) is 0.168. The van der Waals surface area contributed by atoms with Crippen molar-refractivity contribution < 1.29 is 4.79 Å². The first-order valence-corrected chi connectivity index (χ1v) is 9.01. The molecule has 1 atom stereocenters. The lowest BCUT2D eigenvalue weighted by molar-refractivity contribution is -0.132. The van der Waals surface area contributed by atoms with E-state index in [1.54, 1.807) is 4.57 Å². The number of carbonyl (C=O) groups excluding carboxylic acids is 1. The lowest BCUT2D eigenvalue weighted by Crippen LogP contribution is -2.37. The van der Waals surface area contributed by atoms with Gasteiger partial charge in [0.15, 0.2) is 0 Å². The van der Waals surface area contributed by atoms with Crippen molar-refractivity contribution in [3.63, 3.8) is 0 Å². The van der Waals surface area contributed by atoms with Crippen LogP contribution in [0, 0.1) is 6.92 Å². The Morgan fingerprint density at radius 1 is 1.30 bits per heavy atom. The van der Waals surface area contributed by atoms with Gasteiger partial charge in [-0.3, -0.25) is 9.59 Å². The predicted molar refractivity (Wildman–Crippen MR) is 92.8 cm³/mol. The number of carbonyl (C=O) groups is 1. The molecule has 0 bridgehead atoms. The molecule has 0 radical (unpaired) electrons. The number of aromatic nitrogens is 1. The molecule has 2 aromatic rings. The Morgan fingerprint density at radius 3 is 2.78 bits per heavy atom. The lowest BCUT2D eigenvalue weighted by Gasteiger charge is -2.25. The maximum atomic E-state index is 12.6. The predicted octanol–water partition coefficient (Wildman–Crippen LogP) is 2.84. The summed E-state index contributed by atoms with van der Waals surface area (Å²) in [6.07, 6.45) is 3.46. The molecule has 0 N–H and O–H groups in total. The molecule has 1 amide bonds. The quantitative estimate of drug-likeness (QED) is 0.846. The Balaban J connectivity index is 1.61. The first kappa shape index (κ1) is 16.0. The lowest BCUT2D eigenvalue weighted by atomic mass is 10.0. The standard InChI is InChI=1S/C18H22N2O2S/c1-14-13-23-18(22)19(14)11-9-17(21)20-10-5-8-16(20)12-15-6-3-2-4-7-15/h2-4,6-7,13,16H,5,8-12H2,1H3. The largest absolute Gasteiger partial charge is 0.339 e. The third-order valence-corrected chi connectivity index (χ3v) is 5.42. The molecule has 3 rings (SSSR count). The van der Waals surface area contributed by atoms with Crippen LogP contribution in [-0.4, -0.2) is 28.0 Å². The minimum atomic E-state index is 0.0255. The first-order valence-electron chi connectivity index (χ1n) is 8.13. The Bertz CT molecular complexity index is 720. The molecule has 2 heterocycles. The highest BCUT2D eigenvalue weighted by Gasteiger charge is 2.28. The Kier molecular flexibility index (Phi) is 4.96. The van der Waals surface area contributed by atoms with Gasteiger partial charge in [-0.2, -0.15) is 0 Å². The summed E-state index contributed by atoms with van der Waals surface area (Å²) in [7, 11) is 0. The molecule has 0 aliphatic carbocycles. The number of aryl methyl sites for hydroxylation is 1. The van der Waals surface area contributed by atoms with E-state index in [4.69, 9.17) is 0 Å². The smallest absolute Gasteiger partial charge is 0.307 e. The summed E-state index contributed by atoms with van der Waals surface area (Å²) >= 11 is 1.20. The minimum Gasteiger partial charge on any atom is -0.339 e. The van der Waals surface area contributed by atoms with Crippen molar-refractivity contribution in [2.24, 2.45) is 0 Å². The van der Waals surface area contributed by atoms with Crippen LogP contribution in [0.5, 0.6) is 0 Å². The van der Waals surface area contributed by atoms with Gasteiger partial charge >= 0.3 is 4.87 Å². The van der Waals surface area contributed by atoms with Gasteiger partial charge in [-0.1, -0.05) is 41.7 Å². The van der Waals surface area contributed by atoms with E-state index in [1.807, 2.05) is 35.4 Å². The van der Waals surface area contributed by atoms with E-state index in [-0.39, 0.29) is 10.8 Å². The van der Waals surface area contributed by atoms with Crippen molar-refractivity contribution in [2.75, 3.05) is 6.54 Å². The third kappa shape index (κ3) is 3.72. The molecular formula is C18H22N2O2S. The van der Waals surface area contributed by atoms with Crippen LogP contribution in [0.25, 0.3) is 0 Å². The molecule has 1 aromatic carbocycles. The van der Waals surface area contributed by atoms with Gasteiger partial charge in [0.25, 0.3) is 0 Å². The van der Waals surface area contributed by atoms with Gasteiger partial charge in [-0.05, 0) is 31.7 Å². The minimum absolute atomic E-state index is 0.0255. The Labute approximate surface area is 140 Å². The summed E-state index contributed by atoms with van der Waals surface area (Å²) < 4.78 is 1.70. The van der Waals surface area contributed by atoms with Crippen molar-refractivity contribution in [3.8, 4) is 0 Å². The van der Waals surface area contributed by atoms with Crippen LogP contribution < -0.4 is 4.87 Å². The summed E-state index contributed by atoms with van der Waals surface area (Å²) in [6, 6.07) is 10.6. The number of rotatable bonds is 5. The molecule has 0 spiro atoms. The topological polar surface area (TPSA) is 42.3 Å². The molecule has 5 heteroatoms. The molecule has 1 fully saturated rings. The van der Waals surface area contributed by atoms with Crippen molar-refractivity contribution >= 4 is 17.2 Å². The molecule has 122 valence electrons. The normalized spacial score (nSPS) is 17.6. The van der Waals surface area contributed by atoms with E-state index >= 15 is 0 Å².